The summed E-state index contributed by atoms with van der Waals surface area (Å²) in [7, 11) is -1.27. The first-order chi connectivity index (χ1) is 7.59. The molecule has 16 heavy (non-hydrogen) atoms. The monoisotopic (exact) mass is 241 g/mol. The summed E-state index contributed by atoms with van der Waals surface area (Å²) < 4.78 is 17.9. The Balaban J connectivity index is 2.16. The minimum Gasteiger partial charge on any atom is -0.398 e. The summed E-state index contributed by atoms with van der Waals surface area (Å²) in [4.78, 5) is 11.5. The second kappa shape index (κ2) is 4.41. The van der Waals surface area contributed by atoms with Crippen molar-refractivity contribution in [1.29, 1.82) is 0 Å². The lowest BCUT2D eigenvalue weighted by molar-refractivity contribution is 0.406. The van der Waals surface area contributed by atoms with Crippen molar-refractivity contribution in [3.63, 3.8) is 0 Å². The first kappa shape index (κ1) is 11.4. The van der Waals surface area contributed by atoms with Crippen molar-refractivity contribution in [3.05, 3.63) is 21.7 Å². The maximum Gasteiger partial charge on any atom is 0.420 e. The summed E-state index contributed by atoms with van der Waals surface area (Å²) in [6, 6.07) is 0. The molecular formula is C11H15NO3S. The van der Waals surface area contributed by atoms with Crippen LogP contribution in [0.1, 0.15) is 32.4 Å². The smallest absolute Gasteiger partial charge is 0.398 e. The average Bonchev–Trinajstić information content (AvgIpc) is 2.69. The highest BCUT2D eigenvalue weighted by Gasteiger charge is 2.22. The molecule has 0 aliphatic carbocycles. The summed E-state index contributed by atoms with van der Waals surface area (Å²) in [5, 5.41) is 1.85. The zero-order valence-electron chi connectivity index (χ0n) is 9.43. The van der Waals surface area contributed by atoms with E-state index in [0.717, 1.165) is 12.8 Å². The van der Waals surface area contributed by atoms with Crippen LogP contribution in [-0.2, 0) is 17.3 Å². The fraction of sp³-hybridized carbons (Fsp3) is 0.545. The number of hydrogen-bond acceptors (Lipinski definition) is 3. The Morgan fingerprint density at radius 1 is 1.50 bits per heavy atom. The van der Waals surface area contributed by atoms with Gasteiger partial charge in [0, 0.05) is 12.0 Å². The molecule has 2 heterocycles. The van der Waals surface area contributed by atoms with Crippen LogP contribution < -0.4 is 5.76 Å². The van der Waals surface area contributed by atoms with E-state index >= 15 is 0 Å². The van der Waals surface area contributed by atoms with Gasteiger partial charge in [-0.05, 0) is 24.8 Å². The second-order valence-electron chi connectivity index (χ2n) is 4.33. The van der Waals surface area contributed by atoms with Crippen molar-refractivity contribution in [2.75, 3.05) is 0 Å². The lowest BCUT2D eigenvalue weighted by atomic mass is 10.1. The molecule has 0 amide bonds. The summed E-state index contributed by atoms with van der Waals surface area (Å²) in [5.74, 6) is 0.229. The minimum atomic E-state index is -1.27. The summed E-state index contributed by atoms with van der Waals surface area (Å²) in [6.07, 6.45) is 3.70. The van der Waals surface area contributed by atoms with Gasteiger partial charge in [0.2, 0.25) is 5.09 Å². The third-order valence-corrected chi connectivity index (χ3v) is 3.64. The van der Waals surface area contributed by atoms with E-state index in [1.807, 2.05) is 0 Å². The zero-order valence-corrected chi connectivity index (χ0v) is 10.3. The predicted molar refractivity (Wildman–Crippen MR) is 62.5 cm³/mol. The van der Waals surface area contributed by atoms with Crippen molar-refractivity contribution < 1.29 is 8.63 Å². The van der Waals surface area contributed by atoms with Crippen molar-refractivity contribution in [1.82, 2.24) is 4.57 Å². The lowest BCUT2D eigenvalue weighted by Gasteiger charge is -2.04. The molecule has 1 aromatic rings. The highest BCUT2D eigenvalue weighted by molar-refractivity contribution is 7.88. The largest absolute Gasteiger partial charge is 0.420 e. The van der Waals surface area contributed by atoms with Gasteiger partial charge in [-0.15, -0.1) is 0 Å². The normalized spacial score (nSPS) is 18.3. The maximum absolute atomic E-state index is 11.5. The Morgan fingerprint density at radius 3 is 2.94 bits per heavy atom. The average molecular weight is 241 g/mol. The molecular weight excluding hydrogens is 226 g/mol. The van der Waals surface area contributed by atoms with Crippen LogP contribution in [0.2, 0.25) is 0 Å². The number of nitrogens with zero attached hydrogens (tertiary/aromatic N) is 1. The van der Waals surface area contributed by atoms with Gasteiger partial charge in [-0.3, -0.25) is 4.57 Å². The molecule has 0 spiro atoms. The molecule has 4 nitrogen and oxygen atoms in total. The predicted octanol–water partition coefficient (Wildman–Crippen LogP) is 1.97. The van der Waals surface area contributed by atoms with E-state index in [1.54, 1.807) is 16.1 Å². The number of aromatic nitrogens is 1. The third-order valence-electron chi connectivity index (χ3n) is 2.60. The van der Waals surface area contributed by atoms with Gasteiger partial charge in [0.15, 0.2) is 0 Å². The molecule has 0 radical (unpaired) electrons. The van der Waals surface area contributed by atoms with Crippen LogP contribution in [0.5, 0.6) is 0 Å². The number of rotatable bonds is 4. The highest BCUT2D eigenvalue weighted by Crippen LogP contribution is 2.22. The van der Waals surface area contributed by atoms with Gasteiger partial charge >= 0.3 is 5.76 Å². The second-order valence-corrected chi connectivity index (χ2v) is 5.57. The molecule has 1 aromatic heterocycles. The molecule has 2 rings (SSSR count). The Labute approximate surface area is 96.4 Å². The van der Waals surface area contributed by atoms with Crippen LogP contribution >= 0.6 is 0 Å². The fourth-order valence-corrected chi connectivity index (χ4v) is 2.67. The molecule has 0 aromatic carbocycles. The third kappa shape index (κ3) is 2.04. The molecule has 0 bridgehead atoms. The van der Waals surface area contributed by atoms with E-state index in [2.05, 4.69) is 13.8 Å². The van der Waals surface area contributed by atoms with Crippen molar-refractivity contribution >= 4 is 16.9 Å². The molecule has 0 fully saturated rings. The number of hydrogen-bond donors (Lipinski definition) is 0. The van der Waals surface area contributed by atoms with Gasteiger partial charge in [0.05, 0.1) is 0 Å². The van der Waals surface area contributed by atoms with Gasteiger partial charge in [-0.1, -0.05) is 13.8 Å². The summed E-state index contributed by atoms with van der Waals surface area (Å²) in [6.45, 7) is 4.94. The van der Waals surface area contributed by atoms with Gasteiger partial charge in [0.25, 0.3) is 0 Å². The van der Waals surface area contributed by atoms with E-state index < -0.39 is 16.6 Å². The Hall–Kier alpha value is -1.10. The molecule has 88 valence electrons. The standard InChI is InChI=1S/C11H15NO3S/c1-8(2)4-3-6-12-9-5-7-16(14)10(9)15-11(12)13/h5,7-8H,3-4,6H2,1-2H3. The van der Waals surface area contributed by atoms with Gasteiger partial charge < -0.3 is 4.42 Å². The Kier molecular flexibility index (Phi) is 3.14. The van der Waals surface area contributed by atoms with Gasteiger partial charge in [0.1, 0.15) is 16.5 Å². The van der Waals surface area contributed by atoms with E-state index in [9.17, 15) is 9.00 Å². The lowest BCUT2D eigenvalue weighted by Crippen LogP contribution is -2.16. The molecule has 5 heteroatoms. The highest BCUT2D eigenvalue weighted by atomic mass is 32.2. The van der Waals surface area contributed by atoms with Crippen LogP contribution in [0.4, 0.5) is 0 Å². The maximum atomic E-state index is 11.5. The first-order valence-electron chi connectivity index (χ1n) is 5.42. The molecule has 0 saturated heterocycles. The van der Waals surface area contributed by atoms with Crippen LogP contribution in [-0.4, -0.2) is 8.78 Å². The number of fused-ring (bicyclic) bond motifs is 1. The summed E-state index contributed by atoms with van der Waals surface area (Å²) in [5.41, 5.74) is 0.673. The molecule has 1 atom stereocenters. The van der Waals surface area contributed by atoms with Crippen LogP contribution in [0.15, 0.2) is 19.7 Å². The molecule has 1 aliphatic rings. The first-order valence-corrected chi connectivity index (χ1v) is 6.63. The van der Waals surface area contributed by atoms with E-state index in [4.69, 9.17) is 4.42 Å². The van der Waals surface area contributed by atoms with Gasteiger partial charge in [-0.25, -0.2) is 9.00 Å². The molecule has 0 saturated carbocycles. The number of oxazole rings is 1. The van der Waals surface area contributed by atoms with E-state index in [1.165, 1.54) is 0 Å². The van der Waals surface area contributed by atoms with Crippen molar-refractivity contribution in [2.24, 2.45) is 5.92 Å². The topological polar surface area (TPSA) is 52.2 Å². The molecule has 1 aliphatic heterocycles. The van der Waals surface area contributed by atoms with Crippen LogP contribution in [0.3, 0.4) is 0 Å². The van der Waals surface area contributed by atoms with E-state index in [-0.39, 0.29) is 0 Å². The summed E-state index contributed by atoms with van der Waals surface area (Å²) >= 11 is 0. The molecule has 1 unspecified atom stereocenters. The zero-order chi connectivity index (χ0) is 11.7. The minimum absolute atomic E-state index is 0.301. The Bertz CT molecular complexity index is 496. The van der Waals surface area contributed by atoms with Crippen molar-refractivity contribution in [2.45, 2.75) is 38.3 Å². The van der Waals surface area contributed by atoms with Crippen molar-refractivity contribution in [3.8, 4) is 0 Å². The van der Waals surface area contributed by atoms with E-state index in [0.29, 0.717) is 23.2 Å². The quantitative estimate of drug-likeness (QED) is 0.809. The fourth-order valence-electron chi connectivity index (χ4n) is 1.75. The molecule has 0 N–H and O–H groups in total. The SMILES string of the molecule is CC(C)CCCn1c2c(oc1=O)S(=O)C=C2. The van der Waals surface area contributed by atoms with Crippen LogP contribution in [0.25, 0.3) is 6.08 Å². The Morgan fingerprint density at radius 2 is 2.25 bits per heavy atom. The van der Waals surface area contributed by atoms with Gasteiger partial charge in [-0.2, -0.15) is 0 Å². The van der Waals surface area contributed by atoms with Crippen LogP contribution in [0, 0.1) is 5.92 Å².